The Morgan fingerprint density at radius 1 is 1.15 bits per heavy atom. The second-order valence-corrected chi connectivity index (χ2v) is 5.40. The summed E-state index contributed by atoms with van der Waals surface area (Å²) in [7, 11) is 3.17. The van der Waals surface area contributed by atoms with Crippen molar-refractivity contribution in [3.63, 3.8) is 0 Å². The Hall–Kier alpha value is -2.23. The molecule has 0 aliphatic carbocycles. The summed E-state index contributed by atoms with van der Waals surface area (Å²) in [5.41, 5.74) is 6.68. The molecule has 1 heterocycles. The number of aliphatic imine (C=N–C) groups is 1. The molecule has 0 spiro atoms. The molecule has 0 saturated heterocycles. The molecule has 0 aliphatic rings. The minimum atomic E-state index is 0. The molecule has 7 nitrogen and oxygen atoms in total. The second kappa shape index (κ2) is 11.4. The minimum absolute atomic E-state index is 0. The molecule has 0 bridgehead atoms. The first-order chi connectivity index (χ1) is 12.1. The zero-order valence-electron chi connectivity index (χ0n) is 15.0. The van der Waals surface area contributed by atoms with E-state index in [9.17, 15) is 4.79 Å². The third-order valence-electron chi connectivity index (χ3n) is 3.64. The van der Waals surface area contributed by atoms with Crippen molar-refractivity contribution in [2.45, 2.75) is 19.4 Å². The minimum Gasteiger partial charge on any atom is -0.493 e. The van der Waals surface area contributed by atoms with Crippen LogP contribution in [0.15, 0.2) is 52.4 Å². The quantitative estimate of drug-likeness (QED) is 0.267. The second-order valence-electron chi connectivity index (χ2n) is 5.40. The Balaban J connectivity index is 0.00000338. The van der Waals surface area contributed by atoms with Crippen LogP contribution in [-0.4, -0.2) is 31.3 Å². The average Bonchev–Trinajstić information content (AvgIpc) is 2.62. The van der Waals surface area contributed by atoms with Gasteiger partial charge in [0.15, 0.2) is 17.5 Å². The number of methoxy groups -OCH3 is 2. The normalized spacial score (nSPS) is 10.8. The van der Waals surface area contributed by atoms with Crippen LogP contribution in [0.25, 0.3) is 0 Å². The van der Waals surface area contributed by atoms with E-state index in [0.29, 0.717) is 30.5 Å². The zero-order chi connectivity index (χ0) is 18.1. The Morgan fingerprint density at radius 3 is 2.62 bits per heavy atom. The van der Waals surface area contributed by atoms with Gasteiger partial charge in [-0.3, -0.25) is 9.79 Å². The number of hydrogen-bond donors (Lipinski definition) is 2. The first kappa shape index (κ1) is 21.8. The first-order valence-electron chi connectivity index (χ1n) is 8.08. The maximum atomic E-state index is 11.6. The zero-order valence-corrected chi connectivity index (χ0v) is 17.3. The molecule has 0 radical (unpaired) electrons. The summed E-state index contributed by atoms with van der Waals surface area (Å²) >= 11 is 0. The number of nitrogens with zero attached hydrogens (tertiary/aromatic N) is 2. The van der Waals surface area contributed by atoms with Gasteiger partial charge < -0.3 is 25.1 Å². The van der Waals surface area contributed by atoms with Crippen molar-refractivity contribution in [2.75, 3.05) is 26.1 Å². The predicted molar refractivity (Wildman–Crippen MR) is 115 cm³/mol. The summed E-state index contributed by atoms with van der Waals surface area (Å²) < 4.78 is 12.1. The number of unbranched alkanes of at least 4 members (excludes halogenated alkanes) is 1. The standard InChI is InChI=1S/C18H24N4O3.HI/c1-24-15-9-8-14(13-16(15)25-2)21-18(19)20-10-4-6-12-22-11-5-3-7-17(22)23;/h3,5,7-9,11,13H,4,6,10,12H2,1-2H3,(H3,19,20,21);1H. The summed E-state index contributed by atoms with van der Waals surface area (Å²) in [6, 6.07) is 10.6. The number of halogens is 1. The predicted octanol–water partition coefficient (Wildman–Crippen LogP) is 2.69. The number of nitrogens with one attached hydrogen (secondary N) is 1. The molecule has 2 aromatic rings. The lowest BCUT2D eigenvalue weighted by Gasteiger charge is -2.11. The molecule has 1 aromatic heterocycles. The highest BCUT2D eigenvalue weighted by atomic mass is 127. The number of nitrogens with two attached hydrogens (primary N) is 1. The van der Waals surface area contributed by atoms with E-state index >= 15 is 0 Å². The summed E-state index contributed by atoms with van der Waals surface area (Å²) in [6.45, 7) is 1.27. The third kappa shape index (κ3) is 6.58. The van der Waals surface area contributed by atoms with Crippen molar-refractivity contribution < 1.29 is 9.47 Å². The Labute approximate surface area is 170 Å². The molecule has 1 aromatic carbocycles. The Bertz CT molecular complexity index is 777. The Kier molecular flexibility index (Phi) is 9.56. The number of pyridine rings is 1. The van der Waals surface area contributed by atoms with Crippen molar-refractivity contribution in [3.05, 3.63) is 52.9 Å². The largest absolute Gasteiger partial charge is 0.493 e. The molecule has 0 fully saturated rings. The maximum Gasteiger partial charge on any atom is 0.250 e. The fraction of sp³-hybridized carbons (Fsp3) is 0.333. The van der Waals surface area contributed by atoms with Crippen molar-refractivity contribution in [1.29, 1.82) is 0 Å². The number of hydrogen-bond acceptors (Lipinski definition) is 4. The lowest BCUT2D eigenvalue weighted by Crippen LogP contribution is -2.23. The summed E-state index contributed by atoms with van der Waals surface area (Å²) in [5.74, 6) is 1.61. The van der Waals surface area contributed by atoms with Gasteiger partial charge in [-0.25, -0.2) is 0 Å². The molecule has 0 atom stereocenters. The smallest absolute Gasteiger partial charge is 0.250 e. The molecule has 2 rings (SSSR count). The van der Waals surface area contributed by atoms with Gasteiger partial charge in [-0.1, -0.05) is 6.07 Å². The van der Waals surface area contributed by atoms with Crippen molar-refractivity contribution in [2.24, 2.45) is 10.7 Å². The highest BCUT2D eigenvalue weighted by Crippen LogP contribution is 2.29. The fourth-order valence-electron chi connectivity index (χ4n) is 2.34. The molecular formula is C18H25IN4O3. The summed E-state index contributed by atoms with van der Waals surface area (Å²) in [4.78, 5) is 15.9. The number of benzene rings is 1. The number of ether oxygens (including phenoxy) is 2. The third-order valence-corrected chi connectivity index (χ3v) is 3.64. The summed E-state index contributed by atoms with van der Waals surface area (Å²) in [6.07, 6.45) is 3.49. The van der Waals surface area contributed by atoms with Gasteiger partial charge in [0, 0.05) is 37.1 Å². The van der Waals surface area contributed by atoms with Gasteiger partial charge in [0.05, 0.1) is 14.2 Å². The molecule has 8 heteroatoms. The van der Waals surface area contributed by atoms with Crippen LogP contribution in [-0.2, 0) is 6.54 Å². The van der Waals surface area contributed by atoms with E-state index in [0.717, 1.165) is 18.5 Å². The van der Waals surface area contributed by atoms with Crippen molar-refractivity contribution in [3.8, 4) is 11.5 Å². The van der Waals surface area contributed by atoms with E-state index in [2.05, 4.69) is 10.3 Å². The van der Waals surface area contributed by atoms with E-state index in [-0.39, 0.29) is 29.5 Å². The molecule has 0 aliphatic heterocycles. The SMILES string of the molecule is COc1ccc(NC(N)=NCCCCn2ccccc2=O)cc1OC.I. The van der Waals surface area contributed by atoms with Gasteiger partial charge in [0.2, 0.25) is 5.56 Å². The number of anilines is 1. The van der Waals surface area contributed by atoms with Gasteiger partial charge in [0.1, 0.15) is 0 Å². The van der Waals surface area contributed by atoms with Crippen LogP contribution < -0.4 is 26.1 Å². The highest BCUT2D eigenvalue weighted by Gasteiger charge is 2.05. The van der Waals surface area contributed by atoms with Crippen LogP contribution in [0.5, 0.6) is 11.5 Å². The van der Waals surface area contributed by atoms with E-state index < -0.39 is 0 Å². The number of guanidine groups is 1. The van der Waals surface area contributed by atoms with E-state index in [4.69, 9.17) is 15.2 Å². The lowest BCUT2D eigenvalue weighted by molar-refractivity contribution is 0.355. The molecule has 26 heavy (non-hydrogen) atoms. The first-order valence-corrected chi connectivity index (χ1v) is 8.08. The van der Waals surface area contributed by atoms with Crippen LogP contribution in [0.3, 0.4) is 0 Å². The number of rotatable bonds is 8. The molecular weight excluding hydrogens is 447 g/mol. The van der Waals surface area contributed by atoms with Crippen LogP contribution in [0.2, 0.25) is 0 Å². The van der Waals surface area contributed by atoms with Gasteiger partial charge in [0.25, 0.3) is 0 Å². The number of aryl methyl sites for hydroxylation is 1. The van der Waals surface area contributed by atoms with Crippen LogP contribution in [0.1, 0.15) is 12.8 Å². The fourth-order valence-corrected chi connectivity index (χ4v) is 2.34. The van der Waals surface area contributed by atoms with Gasteiger partial charge >= 0.3 is 0 Å². The van der Waals surface area contributed by atoms with Crippen molar-refractivity contribution >= 4 is 35.6 Å². The van der Waals surface area contributed by atoms with Gasteiger partial charge in [-0.15, -0.1) is 24.0 Å². The molecule has 142 valence electrons. The van der Waals surface area contributed by atoms with E-state index in [1.807, 2.05) is 12.1 Å². The van der Waals surface area contributed by atoms with E-state index in [1.54, 1.807) is 49.2 Å². The molecule has 3 N–H and O–H groups in total. The number of aromatic nitrogens is 1. The topological polar surface area (TPSA) is 90.9 Å². The van der Waals surface area contributed by atoms with Crippen LogP contribution in [0.4, 0.5) is 5.69 Å². The lowest BCUT2D eigenvalue weighted by atomic mass is 10.2. The van der Waals surface area contributed by atoms with Crippen LogP contribution in [0, 0.1) is 0 Å². The molecule has 0 saturated carbocycles. The molecule has 0 unspecified atom stereocenters. The summed E-state index contributed by atoms with van der Waals surface area (Å²) in [5, 5.41) is 3.02. The highest BCUT2D eigenvalue weighted by molar-refractivity contribution is 14.0. The maximum absolute atomic E-state index is 11.6. The van der Waals surface area contributed by atoms with Gasteiger partial charge in [-0.2, -0.15) is 0 Å². The van der Waals surface area contributed by atoms with E-state index in [1.165, 1.54) is 0 Å². The van der Waals surface area contributed by atoms with Crippen molar-refractivity contribution in [1.82, 2.24) is 4.57 Å². The Morgan fingerprint density at radius 2 is 1.92 bits per heavy atom. The average molecular weight is 472 g/mol. The van der Waals surface area contributed by atoms with Gasteiger partial charge in [-0.05, 0) is 31.0 Å². The monoisotopic (exact) mass is 472 g/mol. The molecule has 0 amide bonds. The van der Waals surface area contributed by atoms with Crippen LogP contribution >= 0.6 is 24.0 Å².